The number of nitrogens with zero attached hydrogens (tertiary/aromatic N) is 4. The number of nitrogens with one attached hydrogen (secondary N) is 1. The Balaban J connectivity index is 1.49. The molecule has 1 saturated heterocycles. The molecule has 3 aromatic rings. The molecule has 1 aromatic heterocycles. The predicted octanol–water partition coefficient (Wildman–Crippen LogP) is 6.02. The van der Waals surface area contributed by atoms with Crippen molar-refractivity contribution >= 4 is 22.4 Å². The summed E-state index contributed by atoms with van der Waals surface area (Å²) in [4.78, 5) is 12.5. The second kappa shape index (κ2) is 10.1. The molecule has 3 heterocycles. The van der Waals surface area contributed by atoms with E-state index < -0.39 is 36.6 Å². The largest absolute Gasteiger partial charge is 0.491 e. The SMILES string of the molecule is Cc1nc(N[C@H](C)c2cccc(C(F)F)c2F)c2cc3c(cc2n1)OCC[C@H]1CN(CC(F)(F)F)CCN31. The van der Waals surface area contributed by atoms with E-state index in [2.05, 4.69) is 20.2 Å². The van der Waals surface area contributed by atoms with Crippen molar-refractivity contribution in [3.63, 3.8) is 0 Å². The van der Waals surface area contributed by atoms with Crippen LogP contribution in [-0.4, -0.2) is 59.9 Å². The second-order valence-electron chi connectivity index (χ2n) is 9.71. The van der Waals surface area contributed by atoms with Crippen LogP contribution in [-0.2, 0) is 0 Å². The molecule has 38 heavy (non-hydrogen) atoms. The lowest BCUT2D eigenvalue weighted by atomic mass is 10.0. The van der Waals surface area contributed by atoms with Gasteiger partial charge in [0.1, 0.15) is 23.2 Å². The molecule has 0 unspecified atom stereocenters. The number of hydrogen-bond acceptors (Lipinski definition) is 6. The van der Waals surface area contributed by atoms with E-state index in [-0.39, 0.29) is 24.7 Å². The summed E-state index contributed by atoms with van der Waals surface area (Å²) in [6.45, 7) is 3.65. The molecule has 1 fully saturated rings. The molecule has 0 spiro atoms. The summed E-state index contributed by atoms with van der Waals surface area (Å²) in [5.74, 6) is 0.443. The van der Waals surface area contributed by atoms with Gasteiger partial charge in [0, 0.05) is 49.1 Å². The Bertz CT molecular complexity index is 1330. The molecule has 2 aliphatic rings. The van der Waals surface area contributed by atoms with Crippen molar-refractivity contribution in [3.05, 3.63) is 53.1 Å². The van der Waals surface area contributed by atoms with Crippen molar-refractivity contribution in [2.24, 2.45) is 0 Å². The highest BCUT2D eigenvalue weighted by atomic mass is 19.4. The van der Waals surface area contributed by atoms with Crippen LogP contribution in [0, 0.1) is 12.7 Å². The molecule has 6 nitrogen and oxygen atoms in total. The number of aryl methyl sites for hydroxylation is 1. The molecule has 0 saturated carbocycles. The lowest BCUT2D eigenvalue weighted by molar-refractivity contribution is -0.147. The van der Waals surface area contributed by atoms with Gasteiger partial charge in [0.2, 0.25) is 0 Å². The zero-order chi connectivity index (χ0) is 27.2. The van der Waals surface area contributed by atoms with E-state index in [4.69, 9.17) is 4.74 Å². The van der Waals surface area contributed by atoms with Crippen LogP contribution in [0.2, 0.25) is 0 Å². The lowest BCUT2D eigenvalue weighted by Gasteiger charge is -2.42. The Morgan fingerprint density at radius 3 is 2.63 bits per heavy atom. The van der Waals surface area contributed by atoms with E-state index >= 15 is 0 Å². The quantitative estimate of drug-likeness (QED) is 0.400. The van der Waals surface area contributed by atoms with Gasteiger partial charge in [0.05, 0.1) is 36.0 Å². The maximum Gasteiger partial charge on any atom is 0.401 e. The van der Waals surface area contributed by atoms with Crippen molar-refractivity contribution in [1.82, 2.24) is 14.9 Å². The average Bonchev–Trinajstić information content (AvgIpc) is 3.00. The number of benzene rings is 2. The number of aromatic nitrogens is 2. The fourth-order valence-electron chi connectivity index (χ4n) is 5.25. The Morgan fingerprint density at radius 2 is 1.89 bits per heavy atom. The third-order valence-corrected chi connectivity index (χ3v) is 6.99. The molecular weight excluding hydrogens is 512 g/mol. The molecule has 12 heteroatoms. The summed E-state index contributed by atoms with van der Waals surface area (Å²) in [5.41, 5.74) is 0.701. The standard InChI is InChI=1S/C26H27F6N5O/c1-14(17-4-3-5-18(23(17)27)24(28)29)33-25-19-10-21-22(11-20(19)34-15(2)35-25)38-9-6-16-12-36(7-8-37(16)21)13-26(30,31)32/h3-5,10-11,14,16,24H,6-9,12-13H2,1-2H3,(H,33,34,35)/t14-,16+/m1/s1. The first-order valence-corrected chi connectivity index (χ1v) is 12.3. The molecule has 2 aromatic carbocycles. The molecule has 0 aliphatic carbocycles. The zero-order valence-electron chi connectivity index (χ0n) is 20.8. The van der Waals surface area contributed by atoms with E-state index in [1.165, 1.54) is 17.0 Å². The number of alkyl halides is 5. The van der Waals surface area contributed by atoms with Crippen molar-refractivity contribution in [2.45, 2.75) is 45.0 Å². The highest BCUT2D eigenvalue weighted by Gasteiger charge is 2.37. The van der Waals surface area contributed by atoms with E-state index in [0.717, 1.165) is 11.8 Å². The summed E-state index contributed by atoms with van der Waals surface area (Å²) in [6, 6.07) is 6.64. The van der Waals surface area contributed by atoms with Crippen LogP contribution in [0.5, 0.6) is 5.75 Å². The maximum absolute atomic E-state index is 14.8. The van der Waals surface area contributed by atoms with Crippen molar-refractivity contribution in [3.8, 4) is 5.75 Å². The highest BCUT2D eigenvalue weighted by Crippen LogP contribution is 2.40. The van der Waals surface area contributed by atoms with E-state index in [9.17, 15) is 26.3 Å². The Kier molecular flexibility index (Phi) is 7.01. The Morgan fingerprint density at radius 1 is 1.13 bits per heavy atom. The van der Waals surface area contributed by atoms with E-state index in [1.807, 2.05) is 6.07 Å². The van der Waals surface area contributed by atoms with Crippen LogP contribution in [0.25, 0.3) is 10.9 Å². The molecule has 0 bridgehead atoms. The van der Waals surface area contributed by atoms with Crippen LogP contribution < -0.4 is 15.0 Å². The van der Waals surface area contributed by atoms with Gasteiger partial charge >= 0.3 is 6.18 Å². The van der Waals surface area contributed by atoms with Crippen molar-refractivity contribution in [1.29, 1.82) is 0 Å². The monoisotopic (exact) mass is 539 g/mol. The maximum atomic E-state index is 14.8. The number of hydrogen-bond donors (Lipinski definition) is 1. The number of fused-ring (bicyclic) bond motifs is 4. The summed E-state index contributed by atoms with van der Waals surface area (Å²) in [6.07, 6.45) is -6.64. The Hall–Kier alpha value is -3.28. The highest BCUT2D eigenvalue weighted by molar-refractivity contribution is 5.94. The van der Waals surface area contributed by atoms with Gasteiger partial charge in [-0.1, -0.05) is 18.2 Å². The first kappa shape index (κ1) is 26.3. The van der Waals surface area contributed by atoms with Gasteiger partial charge in [-0.25, -0.2) is 23.1 Å². The molecule has 2 aliphatic heterocycles. The Labute approximate surface area is 215 Å². The lowest BCUT2D eigenvalue weighted by Crippen LogP contribution is -2.55. The molecule has 5 rings (SSSR count). The van der Waals surface area contributed by atoms with Gasteiger partial charge in [-0.2, -0.15) is 13.2 Å². The molecule has 204 valence electrons. The van der Waals surface area contributed by atoms with Crippen LogP contribution in [0.4, 0.5) is 37.8 Å². The first-order chi connectivity index (χ1) is 18.0. The number of piperazine rings is 1. The summed E-state index contributed by atoms with van der Waals surface area (Å²) in [5, 5.41) is 3.75. The third-order valence-electron chi connectivity index (χ3n) is 6.99. The van der Waals surface area contributed by atoms with Crippen LogP contribution in [0.3, 0.4) is 0 Å². The number of halogens is 6. The molecule has 1 N–H and O–H groups in total. The number of ether oxygens (including phenoxy) is 1. The first-order valence-electron chi connectivity index (χ1n) is 12.3. The van der Waals surface area contributed by atoms with E-state index in [0.29, 0.717) is 47.9 Å². The minimum absolute atomic E-state index is 0.0751. The number of rotatable bonds is 5. The number of anilines is 2. The van der Waals surface area contributed by atoms with Gasteiger partial charge in [0.25, 0.3) is 6.43 Å². The fourth-order valence-corrected chi connectivity index (χ4v) is 5.25. The van der Waals surface area contributed by atoms with Gasteiger partial charge in [-0.3, -0.25) is 4.90 Å². The van der Waals surface area contributed by atoms with Crippen molar-refractivity contribution < 1.29 is 31.1 Å². The van der Waals surface area contributed by atoms with Crippen LogP contribution in [0.15, 0.2) is 30.3 Å². The third kappa shape index (κ3) is 5.31. The van der Waals surface area contributed by atoms with Crippen LogP contribution in [0.1, 0.15) is 42.8 Å². The molecule has 2 atom stereocenters. The minimum Gasteiger partial charge on any atom is -0.491 e. The normalized spacial score (nSPS) is 19.1. The molecule has 0 amide bonds. The van der Waals surface area contributed by atoms with Gasteiger partial charge in [-0.15, -0.1) is 0 Å². The zero-order valence-corrected chi connectivity index (χ0v) is 20.8. The average molecular weight is 540 g/mol. The summed E-state index contributed by atoms with van der Waals surface area (Å²) >= 11 is 0. The summed E-state index contributed by atoms with van der Waals surface area (Å²) in [7, 11) is 0. The fraction of sp³-hybridized carbons (Fsp3) is 0.462. The molecular formula is C26H27F6N5O. The smallest absolute Gasteiger partial charge is 0.401 e. The van der Waals surface area contributed by atoms with Gasteiger partial charge in [0.15, 0.2) is 0 Å². The van der Waals surface area contributed by atoms with Crippen molar-refractivity contribution in [2.75, 3.05) is 43.0 Å². The van der Waals surface area contributed by atoms with Crippen LogP contribution >= 0.6 is 0 Å². The second-order valence-corrected chi connectivity index (χ2v) is 9.71. The minimum atomic E-state index is -4.27. The van der Waals surface area contributed by atoms with Gasteiger partial charge < -0.3 is 15.0 Å². The topological polar surface area (TPSA) is 53.5 Å². The van der Waals surface area contributed by atoms with Gasteiger partial charge in [-0.05, 0) is 19.9 Å². The summed E-state index contributed by atoms with van der Waals surface area (Å²) < 4.78 is 86.2. The molecule has 0 radical (unpaired) electrons. The predicted molar refractivity (Wildman–Crippen MR) is 131 cm³/mol. The van der Waals surface area contributed by atoms with E-state index in [1.54, 1.807) is 19.9 Å².